The lowest BCUT2D eigenvalue weighted by Gasteiger charge is -2.20. The quantitative estimate of drug-likeness (QED) is 0.809. The van der Waals surface area contributed by atoms with Gasteiger partial charge >= 0.3 is 0 Å². The largest absolute Gasteiger partial charge is 0.488 e. The summed E-state index contributed by atoms with van der Waals surface area (Å²) in [7, 11) is 0. The topological polar surface area (TPSA) is 21.3 Å². The number of alkyl halides is 1. The number of nitrogens with one attached hydrogen (secondary N) is 1. The van der Waals surface area contributed by atoms with Gasteiger partial charge in [-0.15, -0.1) is 11.6 Å². The van der Waals surface area contributed by atoms with E-state index in [4.69, 9.17) is 16.3 Å². The molecule has 1 aromatic rings. The van der Waals surface area contributed by atoms with Gasteiger partial charge in [0.25, 0.3) is 0 Å². The molecule has 0 amide bonds. The Morgan fingerprint density at radius 2 is 2.26 bits per heavy atom. The second kappa shape index (κ2) is 6.58. The third kappa shape index (κ3) is 4.08. The van der Waals surface area contributed by atoms with Gasteiger partial charge in [0.1, 0.15) is 17.7 Å². The summed E-state index contributed by atoms with van der Waals surface area (Å²) in [6, 6.07) is 5.01. The minimum atomic E-state index is -0.200. The molecule has 0 radical (unpaired) electrons. The van der Waals surface area contributed by atoms with Crippen LogP contribution in [0.2, 0.25) is 0 Å². The van der Waals surface area contributed by atoms with E-state index in [1.165, 1.54) is 6.07 Å². The Hall–Kier alpha value is -0.800. The maximum atomic E-state index is 13.1. The molecule has 2 nitrogen and oxygen atoms in total. The maximum Gasteiger partial charge on any atom is 0.123 e. The van der Waals surface area contributed by atoms with Gasteiger partial charge in [0, 0.05) is 30.5 Å². The maximum absolute atomic E-state index is 13.1. The van der Waals surface area contributed by atoms with Crippen molar-refractivity contribution >= 4 is 11.6 Å². The van der Waals surface area contributed by atoms with Gasteiger partial charge in [-0.05, 0) is 30.5 Å². The van der Waals surface area contributed by atoms with Crippen molar-refractivity contribution in [1.29, 1.82) is 0 Å². The highest BCUT2D eigenvalue weighted by Crippen LogP contribution is 2.29. The number of hydrogen-bond donors (Lipinski definition) is 1. The predicted octanol–water partition coefficient (Wildman–Crippen LogP) is 3.37. The van der Waals surface area contributed by atoms with Crippen LogP contribution >= 0.6 is 11.6 Å². The summed E-state index contributed by atoms with van der Waals surface area (Å²) >= 11 is 5.95. The molecule has 1 aliphatic rings. The van der Waals surface area contributed by atoms with Crippen LogP contribution in [0.5, 0.6) is 5.75 Å². The lowest BCUT2D eigenvalue weighted by molar-refractivity contribution is 0.220. The first-order valence-corrected chi connectivity index (χ1v) is 7.36. The molecule has 106 valence electrons. The van der Waals surface area contributed by atoms with E-state index in [2.05, 4.69) is 19.2 Å². The van der Waals surface area contributed by atoms with Crippen LogP contribution in [-0.2, 0) is 6.42 Å². The fourth-order valence-corrected chi connectivity index (χ4v) is 2.71. The molecule has 2 rings (SSSR count). The Morgan fingerprint density at radius 3 is 2.95 bits per heavy atom. The molecule has 1 aromatic carbocycles. The first-order chi connectivity index (χ1) is 9.08. The van der Waals surface area contributed by atoms with Crippen LogP contribution in [0.4, 0.5) is 4.39 Å². The van der Waals surface area contributed by atoms with Crippen LogP contribution in [0.3, 0.4) is 0 Å². The third-order valence-electron chi connectivity index (χ3n) is 3.34. The van der Waals surface area contributed by atoms with E-state index < -0.39 is 0 Å². The standard InChI is InChI=1S/C15H21ClFNO/c1-10(2)5-13(8-16)18-9-14-7-11-6-12(17)3-4-15(11)19-14/h3-4,6,10,13-14,18H,5,7-9H2,1-2H3. The predicted molar refractivity (Wildman–Crippen MR) is 76.5 cm³/mol. The molecule has 4 heteroatoms. The number of hydrogen-bond acceptors (Lipinski definition) is 2. The minimum Gasteiger partial charge on any atom is -0.488 e. The van der Waals surface area contributed by atoms with E-state index in [0.29, 0.717) is 17.8 Å². The summed E-state index contributed by atoms with van der Waals surface area (Å²) in [5, 5.41) is 3.44. The average Bonchev–Trinajstić information content (AvgIpc) is 2.75. The van der Waals surface area contributed by atoms with E-state index in [-0.39, 0.29) is 11.9 Å². The van der Waals surface area contributed by atoms with Gasteiger partial charge < -0.3 is 10.1 Å². The molecule has 0 spiro atoms. The van der Waals surface area contributed by atoms with E-state index in [1.54, 1.807) is 12.1 Å². The SMILES string of the molecule is CC(C)CC(CCl)NCC1Cc2cc(F)ccc2O1. The van der Waals surface area contributed by atoms with Gasteiger partial charge in [-0.2, -0.15) is 0 Å². The van der Waals surface area contributed by atoms with E-state index in [1.807, 2.05) is 0 Å². The summed E-state index contributed by atoms with van der Waals surface area (Å²) < 4.78 is 18.9. The first kappa shape index (κ1) is 14.6. The number of rotatable bonds is 6. The highest BCUT2D eigenvalue weighted by atomic mass is 35.5. The van der Waals surface area contributed by atoms with E-state index in [9.17, 15) is 4.39 Å². The molecule has 0 saturated carbocycles. The summed E-state index contributed by atoms with van der Waals surface area (Å²) in [6.45, 7) is 5.12. The average molecular weight is 286 g/mol. The smallest absolute Gasteiger partial charge is 0.123 e. The van der Waals surface area contributed by atoms with Crippen LogP contribution in [0.1, 0.15) is 25.8 Å². The molecule has 0 bridgehead atoms. The van der Waals surface area contributed by atoms with Gasteiger partial charge in [-0.25, -0.2) is 4.39 Å². The molecular weight excluding hydrogens is 265 g/mol. The molecule has 0 saturated heterocycles. The van der Waals surface area contributed by atoms with Crippen LogP contribution < -0.4 is 10.1 Å². The number of halogens is 2. The normalized spacial score (nSPS) is 19.3. The molecule has 19 heavy (non-hydrogen) atoms. The molecule has 0 aromatic heterocycles. The van der Waals surface area contributed by atoms with E-state index in [0.717, 1.165) is 30.7 Å². The van der Waals surface area contributed by atoms with Crippen LogP contribution in [0.15, 0.2) is 18.2 Å². The van der Waals surface area contributed by atoms with Crippen molar-refractivity contribution in [3.05, 3.63) is 29.6 Å². The number of ether oxygens (including phenoxy) is 1. The minimum absolute atomic E-state index is 0.0784. The Bertz CT molecular complexity index is 425. The highest BCUT2D eigenvalue weighted by molar-refractivity contribution is 6.18. The highest BCUT2D eigenvalue weighted by Gasteiger charge is 2.23. The fourth-order valence-electron chi connectivity index (χ4n) is 2.47. The van der Waals surface area contributed by atoms with Gasteiger partial charge in [0.2, 0.25) is 0 Å². The molecular formula is C15H21ClFNO. The monoisotopic (exact) mass is 285 g/mol. The van der Waals surface area contributed by atoms with Crippen molar-refractivity contribution in [1.82, 2.24) is 5.32 Å². The molecule has 2 atom stereocenters. The second-order valence-corrected chi connectivity index (χ2v) is 5.89. The van der Waals surface area contributed by atoms with Gasteiger partial charge in [0.05, 0.1) is 0 Å². The zero-order chi connectivity index (χ0) is 13.8. The summed E-state index contributed by atoms with van der Waals surface area (Å²) in [5.41, 5.74) is 0.957. The molecule has 1 N–H and O–H groups in total. The Kier molecular flexibility index (Phi) is 5.06. The van der Waals surface area contributed by atoms with Crippen molar-refractivity contribution in [2.45, 2.75) is 38.8 Å². The van der Waals surface area contributed by atoms with Gasteiger partial charge in [-0.3, -0.25) is 0 Å². The number of fused-ring (bicyclic) bond motifs is 1. The first-order valence-electron chi connectivity index (χ1n) is 6.83. The number of benzene rings is 1. The van der Waals surface area contributed by atoms with Gasteiger partial charge in [-0.1, -0.05) is 13.8 Å². The van der Waals surface area contributed by atoms with E-state index >= 15 is 0 Å². The van der Waals surface area contributed by atoms with Crippen molar-refractivity contribution in [2.24, 2.45) is 5.92 Å². The van der Waals surface area contributed by atoms with Crippen molar-refractivity contribution in [3.63, 3.8) is 0 Å². The summed E-state index contributed by atoms with van der Waals surface area (Å²) in [4.78, 5) is 0. The van der Waals surface area contributed by atoms with Crippen LogP contribution in [-0.4, -0.2) is 24.6 Å². The molecule has 1 aliphatic heterocycles. The van der Waals surface area contributed by atoms with Crippen molar-refractivity contribution in [3.8, 4) is 5.75 Å². The van der Waals surface area contributed by atoms with Crippen molar-refractivity contribution < 1.29 is 9.13 Å². The van der Waals surface area contributed by atoms with Gasteiger partial charge in [0.15, 0.2) is 0 Å². The zero-order valence-electron chi connectivity index (χ0n) is 11.5. The lowest BCUT2D eigenvalue weighted by atomic mass is 10.0. The van der Waals surface area contributed by atoms with Crippen molar-refractivity contribution in [2.75, 3.05) is 12.4 Å². The Morgan fingerprint density at radius 1 is 1.47 bits per heavy atom. The molecule has 0 fully saturated rings. The third-order valence-corrected chi connectivity index (χ3v) is 3.71. The molecule has 2 unspecified atom stereocenters. The zero-order valence-corrected chi connectivity index (χ0v) is 12.2. The summed E-state index contributed by atoms with van der Waals surface area (Å²) in [5.74, 6) is 1.83. The summed E-state index contributed by atoms with van der Waals surface area (Å²) in [6.07, 6.45) is 1.89. The molecule has 0 aliphatic carbocycles. The second-order valence-electron chi connectivity index (χ2n) is 5.59. The fraction of sp³-hybridized carbons (Fsp3) is 0.600. The Labute approximate surface area is 119 Å². The van der Waals surface area contributed by atoms with Crippen LogP contribution in [0.25, 0.3) is 0 Å². The molecule has 1 heterocycles. The Balaban J connectivity index is 1.83. The lowest BCUT2D eigenvalue weighted by Crippen LogP contribution is -2.39. The van der Waals surface area contributed by atoms with Crippen LogP contribution in [0, 0.1) is 11.7 Å².